The molecule has 3 N–H and O–H groups in total. The molecule has 0 radical (unpaired) electrons. The van der Waals surface area contributed by atoms with Crippen LogP contribution in [0.15, 0.2) is 11.6 Å². The van der Waals surface area contributed by atoms with Gasteiger partial charge in [0.25, 0.3) is 0 Å². The van der Waals surface area contributed by atoms with Gasteiger partial charge in [-0.05, 0) is 18.9 Å². The Hall–Kier alpha value is -0.990. The van der Waals surface area contributed by atoms with Crippen LogP contribution in [0, 0.1) is 11.8 Å². The smallest absolute Gasteiger partial charge is 0.331 e. The van der Waals surface area contributed by atoms with Gasteiger partial charge in [0, 0.05) is 24.3 Å². The number of hydrogen-bond donors (Lipinski definition) is 3. The summed E-state index contributed by atoms with van der Waals surface area (Å²) in [5, 5.41) is 30.3. The van der Waals surface area contributed by atoms with Gasteiger partial charge in [-0.2, -0.15) is 0 Å². The number of carbonyl (C=O) groups is 1. The molecular weight excluding hydrogens is 316 g/mol. The molecule has 2 saturated heterocycles. The third kappa shape index (κ3) is 3.81. The summed E-state index contributed by atoms with van der Waals surface area (Å²) in [4.78, 5) is 11.1. The summed E-state index contributed by atoms with van der Waals surface area (Å²) in [7, 11) is 0. The highest BCUT2D eigenvalue weighted by Crippen LogP contribution is 2.38. The van der Waals surface area contributed by atoms with Crippen molar-refractivity contribution < 1.29 is 34.3 Å². The van der Waals surface area contributed by atoms with Gasteiger partial charge in [-0.15, -0.1) is 0 Å². The maximum Gasteiger partial charge on any atom is 0.331 e. The fourth-order valence-corrected chi connectivity index (χ4v) is 3.50. The van der Waals surface area contributed by atoms with Gasteiger partial charge in [0.15, 0.2) is 0 Å². The van der Waals surface area contributed by atoms with Gasteiger partial charge in [0.2, 0.25) is 0 Å². The normalized spacial score (nSPS) is 41.5. The van der Waals surface area contributed by atoms with E-state index in [-0.39, 0.29) is 36.6 Å². The molecular formula is C17H26O7. The Morgan fingerprint density at radius 3 is 2.62 bits per heavy atom. The van der Waals surface area contributed by atoms with Crippen molar-refractivity contribution in [2.75, 3.05) is 13.2 Å². The number of cyclic esters (lactones) is 1. The van der Waals surface area contributed by atoms with E-state index >= 15 is 0 Å². The molecule has 3 rings (SSSR count). The molecule has 0 amide bonds. The number of hydrogen-bond acceptors (Lipinski definition) is 7. The van der Waals surface area contributed by atoms with Crippen molar-refractivity contribution in [2.24, 2.45) is 11.8 Å². The van der Waals surface area contributed by atoms with Crippen molar-refractivity contribution in [3.63, 3.8) is 0 Å². The Morgan fingerprint density at radius 1 is 1.25 bits per heavy atom. The van der Waals surface area contributed by atoms with Crippen molar-refractivity contribution in [1.29, 1.82) is 0 Å². The van der Waals surface area contributed by atoms with Gasteiger partial charge in [-0.1, -0.05) is 6.92 Å². The maximum atomic E-state index is 11.1. The van der Waals surface area contributed by atoms with Crippen molar-refractivity contribution in [1.82, 2.24) is 0 Å². The molecule has 3 heterocycles. The lowest BCUT2D eigenvalue weighted by Gasteiger charge is -2.37. The molecule has 24 heavy (non-hydrogen) atoms. The molecule has 136 valence electrons. The third-order valence-electron chi connectivity index (χ3n) is 5.36. The SMILES string of the molecule is C[C@H]([C@@H]1O[C@H]1CC1CO[C@@H](CC2=CC(=O)OC2)[C@H](O)[C@@H]1O)[C@H](C)O. The number of ether oxygens (including phenoxy) is 3. The molecule has 7 heteroatoms. The van der Waals surface area contributed by atoms with Crippen molar-refractivity contribution >= 4 is 5.97 Å². The fraction of sp³-hybridized carbons (Fsp3) is 0.824. The molecule has 0 saturated carbocycles. The summed E-state index contributed by atoms with van der Waals surface area (Å²) in [6, 6.07) is 0. The zero-order valence-electron chi connectivity index (χ0n) is 14.0. The van der Waals surface area contributed by atoms with E-state index in [0.29, 0.717) is 19.4 Å². The summed E-state index contributed by atoms with van der Waals surface area (Å²) in [5.41, 5.74) is 0.769. The summed E-state index contributed by atoms with van der Waals surface area (Å²) in [6.45, 7) is 4.23. The number of aliphatic hydroxyl groups is 3. The first-order chi connectivity index (χ1) is 11.4. The number of rotatable bonds is 6. The van der Waals surface area contributed by atoms with Gasteiger partial charge >= 0.3 is 5.97 Å². The largest absolute Gasteiger partial charge is 0.458 e. The second-order valence-electron chi connectivity index (χ2n) is 7.20. The Labute approximate surface area is 141 Å². The van der Waals surface area contributed by atoms with Crippen LogP contribution in [0.2, 0.25) is 0 Å². The van der Waals surface area contributed by atoms with Crippen LogP contribution in [0.25, 0.3) is 0 Å². The van der Waals surface area contributed by atoms with E-state index in [2.05, 4.69) is 0 Å². The highest BCUT2D eigenvalue weighted by molar-refractivity contribution is 5.85. The zero-order valence-corrected chi connectivity index (χ0v) is 14.0. The number of epoxide rings is 1. The van der Waals surface area contributed by atoms with Crippen LogP contribution in [-0.4, -0.2) is 71.1 Å². The Morgan fingerprint density at radius 2 is 2.00 bits per heavy atom. The van der Waals surface area contributed by atoms with Crippen molar-refractivity contribution in [3.8, 4) is 0 Å². The van der Waals surface area contributed by atoms with Gasteiger partial charge in [0.05, 0.1) is 37.1 Å². The van der Waals surface area contributed by atoms with E-state index in [1.165, 1.54) is 6.08 Å². The Bertz CT molecular complexity index is 503. The average molecular weight is 342 g/mol. The monoisotopic (exact) mass is 342 g/mol. The predicted molar refractivity (Wildman–Crippen MR) is 83.0 cm³/mol. The van der Waals surface area contributed by atoms with Crippen LogP contribution in [0.3, 0.4) is 0 Å². The Kier molecular flexibility index (Phi) is 5.27. The summed E-state index contributed by atoms with van der Waals surface area (Å²) in [5.74, 6) is -0.540. The predicted octanol–water partition coefficient (Wildman–Crippen LogP) is -0.229. The molecule has 8 atom stereocenters. The second kappa shape index (κ2) is 7.09. The molecule has 0 aromatic heterocycles. The molecule has 0 aliphatic carbocycles. The first-order valence-corrected chi connectivity index (χ1v) is 8.54. The Balaban J connectivity index is 1.49. The summed E-state index contributed by atoms with van der Waals surface area (Å²) >= 11 is 0. The third-order valence-corrected chi connectivity index (χ3v) is 5.36. The van der Waals surface area contributed by atoms with Gasteiger partial charge < -0.3 is 29.5 Å². The lowest BCUT2D eigenvalue weighted by atomic mass is 9.85. The molecule has 0 bridgehead atoms. The molecule has 0 aromatic rings. The number of aliphatic hydroxyl groups excluding tert-OH is 3. The van der Waals surface area contributed by atoms with E-state index < -0.39 is 24.4 Å². The topological polar surface area (TPSA) is 109 Å². The average Bonchev–Trinajstić information content (AvgIpc) is 3.18. The van der Waals surface area contributed by atoms with Crippen molar-refractivity contribution in [3.05, 3.63) is 11.6 Å². The summed E-state index contributed by atoms with van der Waals surface area (Å²) < 4.78 is 16.2. The molecule has 3 aliphatic heterocycles. The highest BCUT2D eigenvalue weighted by Gasteiger charge is 2.48. The highest BCUT2D eigenvalue weighted by atomic mass is 16.6. The van der Waals surface area contributed by atoms with Crippen LogP contribution >= 0.6 is 0 Å². The quantitative estimate of drug-likeness (QED) is 0.452. The molecule has 7 nitrogen and oxygen atoms in total. The molecule has 2 fully saturated rings. The number of carbonyl (C=O) groups excluding carboxylic acids is 1. The fourth-order valence-electron chi connectivity index (χ4n) is 3.50. The molecule has 0 aromatic carbocycles. The molecule has 1 unspecified atom stereocenters. The van der Waals surface area contributed by atoms with Crippen LogP contribution in [0.5, 0.6) is 0 Å². The summed E-state index contributed by atoms with van der Waals surface area (Å²) in [6.07, 6.45) is -0.509. The molecule has 0 spiro atoms. The van der Waals surface area contributed by atoms with Gasteiger partial charge in [0.1, 0.15) is 12.7 Å². The lowest BCUT2D eigenvalue weighted by molar-refractivity contribution is -0.165. The van der Waals surface area contributed by atoms with Crippen LogP contribution in [0.4, 0.5) is 0 Å². The zero-order chi connectivity index (χ0) is 17.4. The lowest BCUT2D eigenvalue weighted by Crippen LogP contribution is -2.50. The van der Waals surface area contributed by atoms with Crippen LogP contribution < -0.4 is 0 Å². The van der Waals surface area contributed by atoms with E-state index in [1.54, 1.807) is 6.92 Å². The van der Waals surface area contributed by atoms with Crippen LogP contribution in [-0.2, 0) is 19.0 Å². The van der Waals surface area contributed by atoms with E-state index in [4.69, 9.17) is 14.2 Å². The minimum Gasteiger partial charge on any atom is -0.458 e. The van der Waals surface area contributed by atoms with E-state index in [0.717, 1.165) is 5.57 Å². The van der Waals surface area contributed by atoms with Gasteiger partial charge in [-0.25, -0.2) is 4.79 Å². The first-order valence-electron chi connectivity index (χ1n) is 8.54. The maximum absolute atomic E-state index is 11.1. The number of esters is 1. The van der Waals surface area contributed by atoms with E-state index in [1.807, 2.05) is 6.92 Å². The second-order valence-corrected chi connectivity index (χ2v) is 7.20. The molecule has 3 aliphatic rings. The van der Waals surface area contributed by atoms with E-state index in [9.17, 15) is 20.1 Å². The minimum absolute atomic E-state index is 0.00104. The van der Waals surface area contributed by atoms with Crippen LogP contribution in [0.1, 0.15) is 26.7 Å². The standard InChI is InChI=1S/C17H26O7/c1-8(9(2)18)17-13(24-17)5-11-7-22-12(16(21)15(11)20)3-10-4-14(19)23-6-10/h4,8-9,11-13,15-18,20-21H,3,5-7H2,1-2H3/t8-,9-,11?,12-,13-,15+,16-,17-/m0/s1. The first kappa shape index (κ1) is 17.8. The minimum atomic E-state index is -1.01. The van der Waals surface area contributed by atoms with Gasteiger partial charge in [-0.3, -0.25) is 0 Å². The van der Waals surface area contributed by atoms with Crippen molar-refractivity contribution in [2.45, 2.75) is 63.3 Å².